The number of hydrogen-bond acceptors (Lipinski definition) is 3. The first-order valence-corrected chi connectivity index (χ1v) is 7.72. The molecule has 0 aliphatic rings. The molecule has 0 saturated carbocycles. The van der Waals surface area contributed by atoms with Crippen LogP contribution >= 0.6 is 11.6 Å². The average molecular weight is 362 g/mol. The average Bonchev–Trinajstić information content (AvgIpc) is 2.99. The van der Waals surface area contributed by atoms with Crippen molar-refractivity contribution >= 4 is 34.5 Å². The van der Waals surface area contributed by atoms with Crippen molar-refractivity contribution in [2.75, 3.05) is 0 Å². The van der Waals surface area contributed by atoms with Gasteiger partial charge in [-0.05, 0) is 29.8 Å². The number of benzene rings is 1. The molecule has 0 bridgehead atoms. The standard InChI is InChI=1S/C17H13ClFN3O3/c18-11-6-10-7-13(21-15(10)20-8-11)16(23)22-14(17(24)25)5-9-1-3-12(19)4-2-9/h1-4,6-8,14H,5H2,(H,20,21)(H,22,23)(H,24,25). The van der Waals surface area contributed by atoms with Gasteiger partial charge in [0.1, 0.15) is 23.2 Å². The maximum atomic E-state index is 12.9. The molecule has 6 nitrogen and oxygen atoms in total. The van der Waals surface area contributed by atoms with Gasteiger partial charge < -0.3 is 15.4 Å². The van der Waals surface area contributed by atoms with Crippen LogP contribution in [0.2, 0.25) is 5.02 Å². The van der Waals surface area contributed by atoms with Crippen LogP contribution < -0.4 is 5.32 Å². The van der Waals surface area contributed by atoms with Crippen molar-refractivity contribution in [3.63, 3.8) is 0 Å². The fraction of sp³-hybridized carbons (Fsp3) is 0.118. The largest absolute Gasteiger partial charge is 0.480 e. The summed E-state index contributed by atoms with van der Waals surface area (Å²) < 4.78 is 12.9. The van der Waals surface area contributed by atoms with Crippen LogP contribution in [0.3, 0.4) is 0 Å². The molecule has 2 heterocycles. The Morgan fingerprint density at radius 2 is 2.00 bits per heavy atom. The number of hydrogen-bond donors (Lipinski definition) is 3. The smallest absolute Gasteiger partial charge is 0.326 e. The molecule has 0 aliphatic carbocycles. The number of pyridine rings is 1. The van der Waals surface area contributed by atoms with Crippen LogP contribution in [0.15, 0.2) is 42.6 Å². The molecule has 3 N–H and O–H groups in total. The Bertz CT molecular complexity index is 940. The molecule has 3 rings (SSSR count). The number of carboxylic acids is 1. The van der Waals surface area contributed by atoms with Crippen LogP contribution in [0, 0.1) is 5.82 Å². The van der Waals surface area contributed by atoms with Gasteiger partial charge in [-0.1, -0.05) is 23.7 Å². The molecule has 0 radical (unpaired) electrons. The van der Waals surface area contributed by atoms with Gasteiger partial charge in [-0.3, -0.25) is 4.79 Å². The van der Waals surface area contributed by atoms with Crippen LogP contribution in [0.5, 0.6) is 0 Å². The highest BCUT2D eigenvalue weighted by Gasteiger charge is 2.22. The predicted molar refractivity (Wildman–Crippen MR) is 90.1 cm³/mol. The lowest BCUT2D eigenvalue weighted by Crippen LogP contribution is -2.42. The third-order valence-corrected chi connectivity index (χ3v) is 3.84. The van der Waals surface area contributed by atoms with Gasteiger partial charge in [-0.15, -0.1) is 0 Å². The highest BCUT2D eigenvalue weighted by Crippen LogP contribution is 2.17. The third kappa shape index (κ3) is 3.95. The van der Waals surface area contributed by atoms with Crippen LogP contribution in [-0.2, 0) is 11.2 Å². The summed E-state index contributed by atoms with van der Waals surface area (Å²) in [5.74, 6) is -2.18. The zero-order valence-corrected chi connectivity index (χ0v) is 13.5. The van der Waals surface area contributed by atoms with Crippen molar-refractivity contribution in [1.82, 2.24) is 15.3 Å². The molecule has 0 spiro atoms. The SMILES string of the molecule is O=C(NC(Cc1ccc(F)cc1)C(=O)O)c1cc2cc(Cl)cnc2[nH]1. The highest BCUT2D eigenvalue weighted by atomic mass is 35.5. The molecule has 2 aromatic heterocycles. The monoisotopic (exact) mass is 361 g/mol. The van der Waals surface area contributed by atoms with E-state index in [1.165, 1.54) is 30.5 Å². The van der Waals surface area contributed by atoms with E-state index < -0.39 is 23.7 Å². The number of amides is 1. The van der Waals surface area contributed by atoms with E-state index in [-0.39, 0.29) is 12.1 Å². The number of rotatable bonds is 5. The quantitative estimate of drug-likeness (QED) is 0.651. The molecule has 0 saturated heterocycles. The first kappa shape index (κ1) is 16.9. The third-order valence-electron chi connectivity index (χ3n) is 3.64. The number of fused-ring (bicyclic) bond motifs is 1. The number of carbonyl (C=O) groups is 2. The van der Waals surface area contributed by atoms with Crippen molar-refractivity contribution in [1.29, 1.82) is 0 Å². The highest BCUT2D eigenvalue weighted by molar-refractivity contribution is 6.31. The van der Waals surface area contributed by atoms with Gasteiger partial charge >= 0.3 is 5.97 Å². The molecule has 1 amide bonds. The Kier molecular flexibility index (Phi) is 4.67. The molecular weight excluding hydrogens is 349 g/mol. The summed E-state index contributed by atoms with van der Waals surface area (Å²) >= 11 is 5.85. The number of carbonyl (C=O) groups excluding carboxylic acids is 1. The second-order valence-corrected chi connectivity index (χ2v) is 5.91. The Hall–Kier alpha value is -2.93. The number of carboxylic acid groups (broad SMARTS) is 1. The lowest BCUT2D eigenvalue weighted by atomic mass is 10.1. The normalized spacial score (nSPS) is 12.1. The van der Waals surface area contributed by atoms with Gasteiger partial charge in [0, 0.05) is 18.0 Å². The van der Waals surface area contributed by atoms with Crippen molar-refractivity contribution < 1.29 is 19.1 Å². The van der Waals surface area contributed by atoms with Crippen molar-refractivity contribution in [2.45, 2.75) is 12.5 Å². The molecule has 1 aromatic carbocycles. The van der Waals surface area contributed by atoms with Crippen LogP contribution in [0.25, 0.3) is 11.0 Å². The molecule has 3 aromatic rings. The summed E-state index contributed by atoms with van der Waals surface area (Å²) in [5, 5.41) is 12.9. The van der Waals surface area contributed by atoms with E-state index in [1.807, 2.05) is 0 Å². The minimum atomic E-state index is -1.19. The van der Waals surface area contributed by atoms with E-state index in [2.05, 4.69) is 15.3 Å². The number of aromatic amines is 1. The topological polar surface area (TPSA) is 95.1 Å². The Morgan fingerprint density at radius 3 is 2.68 bits per heavy atom. The number of aromatic nitrogens is 2. The van der Waals surface area contributed by atoms with Gasteiger partial charge in [0.05, 0.1) is 5.02 Å². The maximum Gasteiger partial charge on any atom is 0.326 e. The van der Waals surface area contributed by atoms with Gasteiger partial charge in [0.25, 0.3) is 5.91 Å². The Balaban J connectivity index is 1.77. The maximum absolute atomic E-state index is 12.9. The molecule has 0 fully saturated rings. The van der Waals surface area contributed by atoms with Crippen LogP contribution in [0.1, 0.15) is 16.1 Å². The van der Waals surface area contributed by atoms with E-state index in [0.717, 1.165) is 0 Å². The summed E-state index contributed by atoms with van der Waals surface area (Å²) in [5.41, 5.74) is 1.24. The van der Waals surface area contributed by atoms with Gasteiger partial charge in [0.15, 0.2) is 0 Å². The number of halogens is 2. The van der Waals surface area contributed by atoms with E-state index >= 15 is 0 Å². The minimum absolute atomic E-state index is 0.0334. The number of nitrogens with zero attached hydrogens (tertiary/aromatic N) is 1. The molecule has 1 atom stereocenters. The molecule has 1 unspecified atom stereocenters. The number of nitrogens with one attached hydrogen (secondary N) is 2. The molecule has 0 aliphatic heterocycles. The first-order chi connectivity index (χ1) is 11.9. The second kappa shape index (κ2) is 6.90. The predicted octanol–water partition coefficient (Wildman–Crippen LogP) is 2.78. The van der Waals surface area contributed by atoms with Crippen molar-refractivity contribution in [3.8, 4) is 0 Å². The lowest BCUT2D eigenvalue weighted by molar-refractivity contribution is -0.139. The summed E-state index contributed by atoms with van der Waals surface area (Å²) in [6, 6.07) is 7.47. The molecule has 25 heavy (non-hydrogen) atoms. The van der Waals surface area contributed by atoms with Crippen LogP contribution in [0.4, 0.5) is 4.39 Å². The minimum Gasteiger partial charge on any atom is -0.480 e. The van der Waals surface area contributed by atoms with E-state index in [1.54, 1.807) is 12.1 Å². The fourth-order valence-electron chi connectivity index (χ4n) is 2.40. The first-order valence-electron chi connectivity index (χ1n) is 7.35. The molecule has 128 valence electrons. The van der Waals surface area contributed by atoms with E-state index in [4.69, 9.17) is 11.6 Å². The summed E-state index contributed by atoms with van der Waals surface area (Å²) in [6.07, 6.45) is 1.47. The molecular formula is C17H13ClFN3O3. The Labute approximate surface area is 146 Å². The second-order valence-electron chi connectivity index (χ2n) is 5.47. The summed E-state index contributed by atoms with van der Waals surface area (Å²) in [7, 11) is 0. The number of H-pyrrole nitrogens is 1. The van der Waals surface area contributed by atoms with Gasteiger partial charge in [0.2, 0.25) is 0 Å². The summed E-state index contributed by atoms with van der Waals surface area (Å²) in [4.78, 5) is 30.6. The zero-order valence-electron chi connectivity index (χ0n) is 12.8. The summed E-state index contributed by atoms with van der Waals surface area (Å²) in [6.45, 7) is 0. The van der Waals surface area contributed by atoms with Gasteiger partial charge in [-0.25, -0.2) is 14.2 Å². The van der Waals surface area contributed by atoms with Crippen molar-refractivity contribution in [3.05, 3.63) is 64.7 Å². The van der Waals surface area contributed by atoms with E-state index in [0.29, 0.717) is 21.6 Å². The number of aliphatic carboxylic acids is 1. The van der Waals surface area contributed by atoms with Crippen molar-refractivity contribution in [2.24, 2.45) is 0 Å². The zero-order chi connectivity index (χ0) is 18.0. The lowest BCUT2D eigenvalue weighted by Gasteiger charge is -2.14. The molecule has 8 heteroatoms. The van der Waals surface area contributed by atoms with Crippen LogP contribution in [-0.4, -0.2) is 33.0 Å². The Morgan fingerprint density at radius 1 is 1.28 bits per heavy atom. The fourth-order valence-corrected chi connectivity index (χ4v) is 2.57. The van der Waals surface area contributed by atoms with E-state index in [9.17, 15) is 19.1 Å². The van der Waals surface area contributed by atoms with Gasteiger partial charge in [-0.2, -0.15) is 0 Å².